The molecule has 1 atom stereocenters. The standard InChI is InChI=1S/C19H23FN2OS.ClH/c1-11-4-5-13-10-14(24-16(13)15(11)20)18(23)21-17-12-6-8-22(9-7-12)19(17,2)3;/h4-5,10,12,17H,6-9H2,1-3H3,(H,21,23);1H. The summed E-state index contributed by atoms with van der Waals surface area (Å²) in [5, 5.41) is 4.07. The molecule has 5 rings (SSSR count). The number of aryl methyl sites for hydroxylation is 1. The van der Waals surface area contributed by atoms with Crippen molar-refractivity contribution in [3.63, 3.8) is 0 Å². The van der Waals surface area contributed by atoms with Crippen molar-refractivity contribution in [1.29, 1.82) is 0 Å². The van der Waals surface area contributed by atoms with E-state index in [1.165, 1.54) is 11.3 Å². The van der Waals surface area contributed by atoms with Crippen LogP contribution in [0.2, 0.25) is 0 Å². The van der Waals surface area contributed by atoms with Gasteiger partial charge < -0.3 is 5.32 Å². The van der Waals surface area contributed by atoms with Crippen LogP contribution >= 0.6 is 23.7 Å². The van der Waals surface area contributed by atoms with Gasteiger partial charge in [0.25, 0.3) is 5.91 Å². The summed E-state index contributed by atoms with van der Waals surface area (Å²) < 4.78 is 14.8. The first-order valence-corrected chi connectivity index (χ1v) is 9.44. The minimum absolute atomic E-state index is 0. The van der Waals surface area contributed by atoms with Crippen LogP contribution < -0.4 is 5.32 Å². The number of carbonyl (C=O) groups is 1. The summed E-state index contributed by atoms with van der Waals surface area (Å²) in [7, 11) is 0. The van der Waals surface area contributed by atoms with Crippen molar-refractivity contribution in [2.75, 3.05) is 13.1 Å². The number of halogens is 2. The summed E-state index contributed by atoms with van der Waals surface area (Å²) in [5.41, 5.74) is 0.602. The molecule has 1 unspecified atom stereocenters. The number of amides is 1. The quantitative estimate of drug-likeness (QED) is 0.836. The van der Waals surface area contributed by atoms with E-state index in [0.29, 0.717) is 21.1 Å². The Morgan fingerprint density at radius 3 is 2.64 bits per heavy atom. The van der Waals surface area contributed by atoms with Gasteiger partial charge in [-0.25, -0.2) is 4.39 Å². The molecule has 0 radical (unpaired) electrons. The van der Waals surface area contributed by atoms with E-state index in [4.69, 9.17) is 0 Å². The highest BCUT2D eigenvalue weighted by molar-refractivity contribution is 7.20. The van der Waals surface area contributed by atoms with Crippen molar-refractivity contribution in [2.24, 2.45) is 5.92 Å². The fourth-order valence-electron chi connectivity index (χ4n) is 4.37. The number of benzene rings is 1. The zero-order valence-corrected chi connectivity index (χ0v) is 16.4. The smallest absolute Gasteiger partial charge is 0.261 e. The molecule has 3 aliphatic rings. The Hall–Kier alpha value is -1.17. The molecule has 3 nitrogen and oxygen atoms in total. The van der Waals surface area contributed by atoms with Gasteiger partial charge in [-0.1, -0.05) is 12.1 Å². The fourth-order valence-corrected chi connectivity index (χ4v) is 5.42. The average molecular weight is 383 g/mol. The van der Waals surface area contributed by atoms with Gasteiger partial charge in [0.2, 0.25) is 0 Å². The van der Waals surface area contributed by atoms with E-state index in [2.05, 4.69) is 24.1 Å². The van der Waals surface area contributed by atoms with Crippen LogP contribution in [0.25, 0.3) is 10.1 Å². The van der Waals surface area contributed by atoms with Crippen molar-refractivity contribution in [3.05, 3.63) is 34.5 Å². The van der Waals surface area contributed by atoms with Gasteiger partial charge in [-0.05, 0) is 69.6 Å². The monoisotopic (exact) mass is 382 g/mol. The van der Waals surface area contributed by atoms with E-state index in [0.717, 1.165) is 31.3 Å². The number of nitrogens with one attached hydrogen (secondary N) is 1. The van der Waals surface area contributed by atoms with E-state index in [9.17, 15) is 9.18 Å². The van der Waals surface area contributed by atoms with E-state index in [-0.39, 0.29) is 35.7 Å². The second-order valence-corrected chi connectivity index (χ2v) is 8.71. The molecular weight excluding hydrogens is 359 g/mol. The molecular formula is C19H24ClFN2OS. The lowest BCUT2D eigenvalue weighted by Crippen LogP contribution is -2.69. The Labute approximate surface area is 158 Å². The van der Waals surface area contributed by atoms with E-state index in [1.807, 2.05) is 12.1 Å². The molecule has 25 heavy (non-hydrogen) atoms. The zero-order valence-electron chi connectivity index (χ0n) is 14.8. The molecule has 1 N–H and O–H groups in total. The van der Waals surface area contributed by atoms with Gasteiger partial charge in [-0.3, -0.25) is 9.69 Å². The third-order valence-electron chi connectivity index (χ3n) is 5.92. The maximum atomic E-state index is 14.3. The molecule has 6 heteroatoms. The molecule has 0 aliphatic carbocycles. The van der Waals surface area contributed by atoms with Crippen LogP contribution in [0.5, 0.6) is 0 Å². The predicted octanol–water partition coefficient (Wildman–Crippen LogP) is 4.37. The summed E-state index contributed by atoms with van der Waals surface area (Å²) in [5.74, 6) is 0.266. The van der Waals surface area contributed by atoms with Gasteiger partial charge in [0.1, 0.15) is 5.82 Å². The first-order valence-electron chi connectivity index (χ1n) is 8.62. The van der Waals surface area contributed by atoms with E-state index < -0.39 is 0 Å². The van der Waals surface area contributed by atoms with Crippen LogP contribution in [-0.2, 0) is 0 Å². The lowest BCUT2D eigenvalue weighted by atomic mass is 9.72. The van der Waals surface area contributed by atoms with Crippen LogP contribution in [0, 0.1) is 18.7 Å². The Morgan fingerprint density at radius 2 is 2.00 bits per heavy atom. The number of hydrogen-bond acceptors (Lipinski definition) is 3. The van der Waals surface area contributed by atoms with Crippen LogP contribution in [0.15, 0.2) is 18.2 Å². The lowest BCUT2D eigenvalue weighted by Gasteiger charge is -2.56. The topological polar surface area (TPSA) is 32.3 Å². The SMILES string of the molecule is Cc1ccc2cc(C(=O)NC3C4CCN(CC4)C3(C)C)sc2c1F.Cl. The molecule has 3 fully saturated rings. The minimum atomic E-state index is -0.209. The lowest BCUT2D eigenvalue weighted by molar-refractivity contribution is -0.0377. The second kappa shape index (κ2) is 6.53. The van der Waals surface area contributed by atoms with Crippen LogP contribution in [-0.4, -0.2) is 35.5 Å². The Morgan fingerprint density at radius 1 is 1.32 bits per heavy atom. The van der Waals surface area contributed by atoms with Crippen molar-refractivity contribution in [1.82, 2.24) is 10.2 Å². The highest BCUT2D eigenvalue weighted by atomic mass is 35.5. The number of fused-ring (bicyclic) bond motifs is 4. The molecule has 3 saturated heterocycles. The Balaban J connectivity index is 0.00000182. The predicted molar refractivity (Wildman–Crippen MR) is 103 cm³/mol. The van der Waals surface area contributed by atoms with Gasteiger partial charge in [0, 0.05) is 11.6 Å². The summed E-state index contributed by atoms with van der Waals surface area (Å²) in [6.07, 6.45) is 2.29. The van der Waals surface area contributed by atoms with Gasteiger partial charge in [0.05, 0.1) is 9.58 Å². The molecule has 4 heterocycles. The molecule has 1 amide bonds. The molecule has 3 aliphatic heterocycles. The summed E-state index contributed by atoms with van der Waals surface area (Å²) in [6, 6.07) is 5.62. The number of rotatable bonds is 2. The average Bonchev–Trinajstić information content (AvgIpc) is 3.00. The van der Waals surface area contributed by atoms with Crippen LogP contribution in [0.1, 0.15) is 41.9 Å². The molecule has 136 valence electrons. The zero-order chi connectivity index (χ0) is 17.1. The highest BCUT2D eigenvalue weighted by Gasteiger charge is 2.48. The van der Waals surface area contributed by atoms with E-state index >= 15 is 0 Å². The number of thiophene rings is 1. The first-order chi connectivity index (χ1) is 11.4. The largest absolute Gasteiger partial charge is 0.346 e. The normalized spacial score (nSPS) is 27.1. The highest BCUT2D eigenvalue weighted by Crippen LogP contribution is 2.39. The maximum absolute atomic E-state index is 14.3. The van der Waals surface area contributed by atoms with Gasteiger partial charge in [0.15, 0.2) is 0 Å². The Bertz CT molecular complexity index is 811. The van der Waals surface area contributed by atoms with Gasteiger partial charge in [-0.2, -0.15) is 0 Å². The second-order valence-electron chi connectivity index (χ2n) is 7.65. The molecule has 1 aromatic heterocycles. The number of carbonyl (C=O) groups excluding carboxylic acids is 1. The Kier molecular flexibility index (Phi) is 4.86. The molecule has 0 spiro atoms. The molecule has 0 saturated carbocycles. The molecule has 2 aromatic rings. The molecule has 1 aromatic carbocycles. The van der Waals surface area contributed by atoms with Crippen molar-refractivity contribution in [2.45, 2.75) is 45.2 Å². The number of piperidine rings is 3. The third kappa shape index (κ3) is 2.96. The molecule has 2 bridgehead atoms. The van der Waals surface area contributed by atoms with E-state index in [1.54, 1.807) is 13.0 Å². The van der Waals surface area contributed by atoms with Gasteiger partial charge >= 0.3 is 0 Å². The maximum Gasteiger partial charge on any atom is 0.261 e. The fraction of sp³-hybridized carbons (Fsp3) is 0.526. The van der Waals surface area contributed by atoms with Crippen molar-refractivity contribution >= 4 is 39.7 Å². The first kappa shape index (κ1) is 18.6. The van der Waals surface area contributed by atoms with Crippen LogP contribution in [0.4, 0.5) is 4.39 Å². The summed E-state index contributed by atoms with van der Waals surface area (Å²) in [4.78, 5) is 15.9. The van der Waals surface area contributed by atoms with Crippen LogP contribution in [0.3, 0.4) is 0 Å². The number of hydrogen-bond donors (Lipinski definition) is 1. The summed E-state index contributed by atoms with van der Waals surface area (Å²) >= 11 is 1.25. The minimum Gasteiger partial charge on any atom is -0.346 e. The summed E-state index contributed by atoms with van der Waals surface area (Å²) in [6.45, 7) is 8.44. The third-order valence-corrected chi connectivity index (χ3v) is 7.06. The van der Waals surface area contributed by atoms with Gasteiger partial charge in [-0.15, -0.1) is 23.7 Å². The van der Waals surface area contributed by atoms with Crippen molar-refractivity contribution in [3.8, 4) is 0 Å². The number of nitrogens with zero attached hydrogens (tertiary/aromatic N) is 1. The van der Waals surface area contributed by atoms with Crippen molar-refractivity contribution < 1.29 is 9.18 Å².